The standard InChI is InChI=1S/C22H27N5O/c1-4-6-11-28-22-21-24-9-10-27(21)14-20(26-22)17-12-19(15(3)23-5-2)25-13-18(17)16-7-8-16/h4,9-10,12-16,23H,1,5-8,11H2,2-3H3. The van der Waals surface area contributed by atoms with Crippen LogP contribution in [0.3, 0.4) is 0 Å². The van der Waals surface area contributed by atoms with Gasteiger partial charge in [-0.2, -0.15) is 0 Å². The first-order chi connectivity index (χ1) is 13.7. The number of aromatic nitrogens is 4. The largest absolute Gasteiger partial charge is 0.475 e. The molecule has 3 aromatic rings. The van der Waals surface area contributed by atoms with Crippen LogP contribution in [0.15, 0.2) is 43.5 Å². The highest BCUT2D eigenvalue weighted by Crippen LogP contribution is 2.44. The SMILES string of the molecule is C=CCCOc1nc(-c2cc(C(C)NCC)ncc2C2CC2)cn2ccnc12. The molecule has 1 aliphatic rings. The van der Waals surface area contributed by atoms with E-state index in [0.717, 1.165) is 35.6 Å². The third-order valence-electron chi connectivity index (χ3n) is 5.11. The second-order valence-corrected chi connectivity index (χ2v) is 7.27. The van der Waals surface area contributed by atoms with Crippen molar-refractivity contribution in [1.82, 2.24) is 24.7 Å². The predicted octanol–water partition coefficient (Wildman–Crippen LogP) is 4.29. The van der Waals surface area contributed by atoms with Crippen LogP contribution in [-0.4, -0.2) is 32.5 Å². The average Bonchev–Trinajstić information content (AvgIpc) is 3.44. The molecule has 1 unspecified atom stereocenters. The maximum absolute atomic E-state index is 5.92. The average molecular weight is 377 g/mol. The Morgan fingerprint density at radius 2 is 2.25 bits per heavy atom. The summed E-state index contributed by atoms with van der Waals surface area (Å²) in [6, 6.07) is 2.37. The van der Waals surface area contributed by atoms with E-state index in [4.69, 9.17) is 14.7 Å². The van der Waals surface area contributed by atoms with Gasteiger partial charge in [0.05, 0.1) is 18.0 Å². The molecule has 0 spiro atoms. The molecule has 6 nitrogen and oxygen atoms in total. The number of pyridine rings is 1. The first-order valence-electron chi connectivity index (χ1n) is 10.0. The quantitative estimate of drug-likeness (QED) is 0.445. The maximum Gasteiger partial charge on any atom is 0.258 e. The molecule has 1 atom stereocenters. The summed E-state index contributed by atoms with van der Waals surface area (Å²) < 4.78 is 7.90. The van der Waals surface area contributed by atoms with Gasteiger partial charge in [-0.15, -0.1) is 6.58 Å². The molecule has 0 aromatic carbocycles. The van der Waals surface area contributed by atoms with Crippen molar-refractivity contribution in [2.24, 2.45) is 0 Å². The number of nitrogens with one attached hydrogen (secondary N) is 1. The molecule has 0 amide bonds. The van der Waals surface area contributed by atoms with Crippen molar-refractivity contribution in [1.29, 1.82) is 0 Å². The summed E-state index contributed by atoms with van der Waals surface area (Å²) in [5.41, 5.74) is 5.07. The zero-order valence-electron chi connectivity index (χ0n) is 16.6. The predicted molar refractivity (Wildman–Crippen MR) is 111 cm³/mol. The Morgan fingerprint density at radius 1 is 1.39 bits per heavy atom. The highest BCUT2D eigenvalue weighted by molar-refractivity contribution is 5.67. The van der Waals surface area contributed by atoms with Crippen LogP contribution in [0.4, 0.5) is 0 Å². The molecular weight excluding hydrogens is 350 g/mol. The van der Waals surface area contributed by atoms with E-state index in [-0.39, 0.29) is 6.04 Å². The summed E-state index contributed by atoms with van der Waals surface area (Å²) >= 11 is 0. The van der Waals surface area contributed by atoms with Gasteiger partial charge in [0.25, 0.3) is 5.88 Å². The lowest BCUT2D eigenvalue weighted by Gasteiger charge is -2.16. The van der Waals surface area contributed by atoms with Gasteiger partial charge < -0.3 is 14.5 Å². The number of ether oxygens (including phenoxy) is 1. The van der Waals surface area contributed by atoms with Crippen LogP contribution in [-0.2, 0) is 0 Å². The van der Waals surface area contributed by atoms with Crippen LogP contribution in [0.2, 0.25) is 0 Å². The van der Waals surface area contributed by atoms with Gasteiger partial charge in [0, 0.05) is 36.4 Å². The van der Waals surface area contributed by atoms with Crippen molar-refractivity contribution in [2.75, 3.05) is 13.2 Å². The van der Waals surface area contributed by atoms with Crippen molar-refractivity contribution in [3.05, 3.63) is 54.8 Å². The Kier molecular flexibility index (Phi) is 5.39. The number of nitrogens with zero attached hydrogens (tertiary/aromatic N) is 4. The van der Waals surface area contributed by atoms with Crippen LogP contribution >= 0.6 is 0 Å². The summed E-state index contributed by atoms with van der Waals surface area (Å²) in [7, 11) is 0. The Balaban J connectivity index is 1.79. The van der Waals surface area contributed by atoms with Gasteiger partial charge >= 0.3 is 0 Å². The molecule has 6 heteroatoms. The molecule has 1 fully saturated rings. The zero-order chi connectivity index (χ0) is 19.5. The normalized spacial score (nSPS) is 14.9. The molecule has 0 saturated heterocycles. The smallest absolute Gasteiger partial charge is 0.258 e. The van der Waals surface area contributed by atoms with Gasteiger partial charge in [-0.1, -0.05) is 13.0 Å². The Morgan fingerprint density at radius 3 is 3.00 bits per heavy atom. The molecule has 0 bridgehead atoms. The summed E-state index contributed by atoms with van der Waals surface area (Å²) in [6.45, 7) is 9.45. The lowest BCUT2D eigenvalue weighted by Crippen LogP contribution is -2.19. The van der Waals surface area contributed by atoms with E-state index >= 15 is 0 Å². The Bertz CT molecular complexity index is 976. The molecule has 3 aromatic heterocycles. The van der Waals surface area contributed by atoms with E-state index in [1.807, 2.05) is 29.1 Å². The van der Waals surface area contributed by atoms with Crippen molar-refractivity contribution in [2.45, 2.75) is 45.1 Å². The third kappa shape index (κ3) is 3.78. The van der Waals surface area contributed by atoms with Gasteiger partial charge in [-0.25, -0.2) is 9.97 Å². The van der Waals surface area contributed by atoms with E-state index in [0.29, 0.717) is 18.4 Å². The van der Waals surface area contributed by atoms with E-state index in [9.17, 15) is 0 Å². The maximum atomic E-state index is 5.92. The van der Waals surface area contributed by atoms with Crippen LogP contribution in [0.1, 0.15) is 56.3 Å². The highest BCUT2D eigenvalue weighted by Gasteiger charge is 2.28. The van der Waals surface area contributed by atoms with Crippen molar-refractivity contribution < 1.29 is 4.74 Å². The summed E-state index contributed by atoms with van der Waals surface area (Å²) in [5.74, 6) is 1.14. The molecule has 28 heavy (non-hydrogen) atoms. The first kappa shape index (κ1) is 18.6. The molecule has 0 radical (unpaired) electrons. The fourth-order valence-electron chi connectivity index (χ4n) is 3.44. The number of imidazole rings is 1. The summed E-state index contributed by atoms with van der Waals surface area (Å²) in [5, 5.41) is 3.44. The van der Waals surface area contributed by atoms with Crippen LogP contribution < -0.4 is 10.1 Å². The third-order valence-corrected chi connectivity index (χ3v) is 5.11. The number of hydrogen-bond donors (Lipinski definition) is 1. The van der Waals surface area contributed by atoms with Gasteiger partial charge in [0.1, 0.15) is 0 Å². The van der Waals surface area contributed by atoms with E-state index in [1.165, 1.54) is 18.4 Å². The molecule has 4 rings (SSSR count). The lowest BCUT2D eigenvalue weighted by molar-refractivity contribution is 0.315. The van der Waals surface area contributed by atoms with Crippen molar-refractivity contribution >= 4 is 5.65 Å². The minimum Gasteiger partial charge on any atom is -0.475 e. The van der Waals surface area contributed by atoms with E-state index in [2.05, 4.69) is 36.8 Å². The molecule has 146 valence electrons. The van der Waals surface area contributed by atoms with Crippen molar-refractivity contribution in [3.63, 3.8) is 0 Å². The lowest BCUT2D eigenvalue weighted by atomic mass is 10.0. The van der Waals surface area contributed by atoms with Gasteiger partial charge in [-0.05, 0) is 50.3 Å². The Hall–Kier alpha value is -2.73. The second-order valence-electron chi connectivity index (χ2n) is 7.27. The molecule has 1 aliphatic carbocycles. The van der Waals surface area contributed by atoms with Crippen molar-refractivity contribution in [3.8, 4) is 17.1 Å². The van der Waals surface area contributed by atoms with Crippen LogP contribution in [0.25, 0.3) is 16.9 Å². The summed E-state index contributed by atoms with van der Waals surface area (Å²) in [4.78, 5) is 14.0. The monoisotopic (exact) mass is 377 g/mol. The second kappa shape index (κ2) is 8.10. The number of rotatable bonds is 9. The van der Waals surface area contributed by atoms with Gasteiger partial charge in [-0.3, -0.25) is 4.98 Å². The fourth-order valence-corrected chi connectivity index (χ4v) is 3.44. The minimum atomic E-state index is 0.192. The molecule has 1 saturated carbocycles. The van der Waals surface area contributed by atoms with Crippen LogP contribution in [0.5, 0.6) is 5.88 Å². The number of fused-ring (bicyclic) bond motifs is 1. The highest BCUT2D eigenvalue weighted by atomic mass is 16.5. The number of hydrogen-bond acceptors (Lipinski definition) is 5. The molecular formula is C22H27N5O. The van der Waals surface area contributed by atoms with Gasteiger partial charge in [0.2, 0.25) is 5.65 Å². The fraction of sp³-hybridized carbons (Fsp3) is 0.409. The molecule has 0 aliphatic heterocycles. The zero-order valence-corrected chi connectivity index (χ0v) is 16.6. The molecule has 1 N–H and O–H groups in total. The first-order valence-corrected chi connectivity index (χ1v) is 10.0. The summed E-state index contributed by atoms with van der Waals surface area (Å²) in [6.07, 6.45) is 12.8. The topological polar surface area (TPSA) is 64.3 Å². The molecule has 3 heterocycles. The van der Waals surface area contributed by atoms with Gasteiger partial charge in [0.15, 0.2) is 0 Å². The minimum absolute atomic E-state index is 0.192. The van der Waals surface area contributed by atoms with E-state index in [1.54, 1.807) is 6.20 Å². The van der Waals surface area contributed by atoms with E-state index < -0.39 is 0 Å². The Labute approximate surface area is 165 Å². The van der Waals surface area contributed by atoms with Crippen LogP contribution in [0, 0.1) is 0 Å².